The highest BCUT2D eigenvalue weighted by atomic mass is 32.2. The predicted molar refractivity (Wildman–Crippen MR) is 124 cm³/mol. The van der Waals surface area contributed by atoms with Gasteiger partial charge < -0.3 is 10.2 Å². The van der Waals surface area contributed by atoms with E-state index < -0.39 is 19.9 Å². The van der Waals surface area contributed by atoms with Gasteiger partial charge in [-0.25, -0.2) is 16.8 Å². The third-order valence-corrected chi connectivity index (χ3v) is 8.11. The van der Waals surface area contributed by atoms with E-state index >= 15 is 0 Å². The summed E-state index contributed by atoms with van der Waals surface area (Å²) in [6.45, 7) is 2.87. The Morgan fingerprint density at radius 2 is 1.39 bits per heavy atom. The van der Waals surface area contributed by atoms with Gasteiger partial charge in [-0.1, -0.05) is 24.3 Å². The van der Waals surface area contributed by atoms with Crippen LogP contribution < -0.4 is 5.32 Å². The molecule has 1 heterocycles. The van der Waals surface area contributed by atoms with Crippen molar-refractivity contribution >= 4 is 31.7 Å². The molecular formula is C22H27N3O6S2. The molecule has 0 aromatic heterocycles. The summed E-state index contributed by atoms with van der Waals surface area (Å²) in [6, 6.07) is 12.6. The zero-order valence-electron chi connectivity index (χ0n) is 18.5. The summed E-state index contributed by atoms with van der Waals surface area (Å²) >= 11 is 0. The third kappa shape index (κ3) is 6.62. The van der Waals surface area contributed by atoms with Crippen LogP contribution in [0.1, 0.15) is 28.4 Å². The van der Waals surface area contributed by atoms with Crippen molar-refractivity contribution in [3.8, 4) is 0 Å². The quantitative estimate of drug-likeness (QED) is 0.615. The number of sulfonamides is 1. The predicted octanol–water partition coefficient (Wildman–Crippen LogP) is 1.01. The monoisotopic (exact) mass is 493 g/mol. The molecule has 1 saturated heterocycles. The summed E-state index contributed by atoms with van der Waals surface area (Å²) in [5, 5.41) is 2.77. The van der Waals surface area contributed by atoms with E-state index in [1.807, 2.05) is 0 Å². The van der Waals surface area contributed by atoms with Gasteiger partial charge in [0.25, 0.3) is 5.91 Å². The highest BCUT2D eigenvalue weighted by Crippen LogP contribution is 2.18. The second-order valence-corrected chi connectivity index (χ2v) is 12.1. The molecule has 0 bridgehead atoms. The van der Waals surface area contributed by atoms with Crippen LogP contribution in [0.3, 0.4) is 0 Å². The summed E-state index contributed by atoms with van der Waals surface area (Å²) in [6.07, 6.45) is 1.17. The molecule has 9 nitrogen and oxygen atoms in total. The van der Waals surface area contributed by atoms with Crippen LogP contribution in [0, 0.1) is 0 Å². The molecule has 2 aromatic carbocycles. The fourth-order valence-corrected chi connectivity index (χ4v) is 5.73. The molecule has 1 N–H and O–H groups in total. The van der Waals surface area contributed by atoms with Gasteiger partial charge >= 0.3 is 0 Å². The van der Waals surface area contributed by atoms with Crippen molar-refractivity contribution in [1.29, 1.82) is 0 Å². The second-order valence-electron chi connectivity index (χ2n) is 8.00. The van der Waals surface area contributed by atoms with Gasteiger partial charge in [0.05, 0.1) is 10.6 Å². The highest BCUT2D eigenvalue weighted by Gasteiger charge is 2.29. The molecule has 11 heteroatoms. The Morgan fingerprint density at radius 1 is 0.848 bits per heavy atom. The van der Waals surface area contributed by atoms with E-state index in [1.165, 1.54) is 41.8 Å². The van der Waals surface area contributed by atoms with Crippen molar-refractivity contribution in [2.45, 2.75) is 24.1 Å². The Labute approximate surface area is 194 Å². The average Bonchev–Trinajstić information content (AvgIpc) is 2.77. The summed E-state index contributed by atoms with van der Waals surface area (Å²) < 4.78 is 49.8. The lowest BCUT2D eigenvalue weighted by Gasteiger charge is -2.33. The number of carbonyl (C=O) groups excluding carboxylic acids is 2. The smallest absolute Gasteiger partial charge is 0.251 e. The van der Waals surface area contributed by atoms with E-state index in [0.29, 0.717) is 24.2 Å². The number of piperazine rings is 1. The van der Waals surface area contributed by atoms with E-state index in [4.69, 9.17) is 0 Å². The minimum absolute atomic E-state index is 0.0404. The minimum atomic E-state index is -3.71. The van der Waals surface area contributed by atoms with E-state index in [9.17, 15) is 26.4 Å². The number of sulfone groups is 1. The van der Waals surface area contributed by atoms with E-state index in [1.54, 1.807) is 29.2 Å². The number of nitrogens with zero attached hydrogens (tertiary/aromatic N) is 2. The molecule has 2 aromatic rings. The maximum Gasteiger partial charge on any atom is 0.251 e. The lowest BCUT2D eigenvalue weighted by Crippen LogP contribution is -2.49. The molecule has 3 rings (SSSR count). The van der Waals surface area contributed by atoms with Crippen LogP contribution in [0.15, 0.2) is 53.4 Å². The molecule has 0 spiro atoms. The molecule has 33 heavy (non-hydrogen) atoms. The normalized spacial score (nSPS) is 15.3. The third-order valence-electron chi connectivity index (χ3n) is 5.34. The Hall–Kier alpha value is -2.76. The van der Waals surface area contributed by atoms with Crippen LogP contribution in [0.4, 0.5) is 0 Å². The van der Waals surface area contributed by atoms with Crippen LogP contribution in [-0.2, 0) is 37.0 Å². The minimum Gasteiger partial charge on any atom is -0.348 e. The Kier molecular flexibility index (Phi) is 7.55. The molecule has 0 unspecified atom stereocenters. The molecule has 2 amide bonds. The standard InChI is InChI=1S/C22H27N3O6S2/c1-17(26)24-11-13-25(14-12-24)33(30,31)21-9-7-20(8-10-21)22(27)23-15-18-3-5-19(6-4-18)16-32(2,28)29/h3-10H,11-16H2,1-2H3,(H,23,27). The van der Waals surface area contributed by atoms with Crippen molar-refractivity contribution in [1.82, 2.24) is 14.5 Å². The fraction of sp³-hybridized carbons (Fsp3) is 0.364. The molecule has 0 saturated carbocycles. The number of carbonyl (C=O) groups is 2. The van der Waals surface area contributed by atoms with Crippen LogP contribution >= 0.6 is 0 Å². The molecule has 0 radical (unpaired) electrons. The lowest BCUT2D eigenvalue weighted by molar-refractivity contribution is -0.129. The van der Waals surface area contributed by atoms with Crippen molar-refractivity contribution < 1.29 is 26.4 Å². The van der Waals surface area contributed by atoms with E-state index in [0.717, 1.165) is 5.56 Å². The van der Waals surface area contributed by atoms with Gasteiger partial charge in [-0.05, 0) is 35.4 Å². The molecule has 1 aliphatic rings. The first kappa shape index (κ1) is 24.9. The molecule has 0 atom stereocenters. The van der Waals surface area contributed by atoms with Gasteiger partial charge in [-0.2, -0.15) is 4.31 Å². The van der Waals surface area contributed by atoms with Gasteiger partial charge in [0.2, 0.25) is 15.9 Å². The first-order chi connectivity index (χ1) is 15.5. The highest BCUT2D eigenvalue weighted by molar-refractivity contribution is 7.90. The number of nitrogens with one attached hydrogen (secondary N) is 1. The average molecular weight is 494 g/mol. The van der Waals surface area contributed by atoms with Gasteiger partial charge in [0, 0.05) is 51.5 Å². The van der Waals surface area contributed by atoms with Gasteiger partial charge in [-0.15, -0.1) is 0 Å². The van der Waals surface area contributed by atoms with Crippen molar-refractivity contribution in [3.05, 3.63) is 65.2 Å². The molecular weight excluding hydrogens is 466 g/mol. The summed E-state index contributed by atoms with van der Waals surface area (Å²) in [5.74, 6) is -0.470. The largest absolute Gasteiger partial charge is 0.348 e. The van der Waals surface area contributed by atoms with Gasteiger partial charge in [0.1, 0.15) is 0 Å². The van der Waals surface area contributed by atoms with Crippen LogP contribution in [-0.4, -0.2) is 70.3 Å². The van der Waals surface area contributed by atoms with Crippen molar-refractivity contribution in [3.63, 3.8) is 0 Å². The lowest BCUT2D eigenvalue weighted by atomic mass is 10.1. The molecule has 1 fully saturated rings. The number of benzene rings is 2. The SMILES string of the molecule is CC(=O)N1CCN(S(=O)(=O)c2ccc(C(=O)NCc3ccc(CS(C)(=O)=O)cc3)cc2)CC1. The number of amides is 2. The number of hydrogen-bond donors (Lipinski definition) is 1. The van der Waals surface area contributed by atoms with Crippen LogP contribution in [0.2, 0.25) is 0 Å². The zero-order chi connectivity index (χ0) is 24.2. The number of rotatable bonds is 7. The Bertz CT molecular complexity index is 1220. The molecule has 1 aliphatic heterocycles. The Balaban J connectivity index is 1.58. The van der Waals surface area contributed by atoms with Crippen molar-refractivity contribution in [2.75, 3.05) is 32.4 Å². The van der Waals surface area contributed by atoms with E-state index in [-0.39, 0.29) is 42.1 Å². The second kappa shape index (κ2) is 10.0. The summed E-state index contributed by atoms with van der Waals surface area (Å²) in [5.41, 5.74) is 1.81. The summed E-state index contributed by atoms with van der Waals surface area (Å²) in [4.78, 5) is 25.6. The first-order valence-electron chi connectivity index (χ1n) is 10.4. The topological polar surface area (TPSA) is 121 Å². The first-order valence-corrected chi connectivity index (χ1v) is 13.9. The van der Waals surface area contributed by atoms with Crippen molar-refractivity contribution in [2.24, 2.45) is 0 Å². The molecule has 0 aliphatic carbocycles. The summed E-state index contributed by atoms with van der Waals surface area (Å²) in [7, 11) is -6.82. The van der Waals surface area contributed by atoms with Gasteiger partial charge in [0.15, 0.2) is 9.84 Å². The number of hydrogen-bond acceptors (Lipinski definition) is 6. The van der Waals surface area contributed by atoms with Crippen LogP contribution in [0.5, 0.6) is 0 Å². The van der Waals surface area contributed by atoms with Gasteiger partial charge in [-0.3, -0.25) is 9.59 Å². The maximum absolute atomic E-state index is 12.9. The van der Waals surface area contributed by atoms with Crippen LogP contribution in [0.25, 0.3) is 0 Å². The zero-order valence-corrected chi connectivity index (χ0v) is 20.2. The Morgan fingerprint density at radius 3 is 1.91 bits per heavy atom. The van der Waals surface area contributed by atoms with E-state index in [2.05, 4.69) is 5.32 Å². The molecule has 178 valence electrons. The fourth-order valence-electron chi connectivity index (χ4n) is 3.51. The maximum atomic E-state index is 12.9.